The van der Waals surface area contributed by atoms with Gasteiger partial charge >= 0.3 is 6.09 Å². The number of ether oxygens (including phenoxy) is 1. The fourth-order valence-corrected chi connectivity index (χ4v) is 2.74. The van der Waals surface area contributed by atoms with Gasteiger partial charge in [-0.1, -0.05) is 20.8 Å². The van der Waals surface area contributed by atoms with Crippen molar-refractivity contribution in [3.8, 4) is 0 Å². The van der Waals surface area contributed by atoms with Crippen molar-refractivity contribution in [2.75, 3.05) is 19.6 Å². The Morgan fingerprint density at radius 3 is 2.80 bits per heavy atom. The van der Waals surface area contributed by atoms with E-state index in [1.165, 1.54) is 0 Å². The van der Waals surface area contributed by atoms with Crippen molar-refractivity contribution in [3.63, 3.8) is 0 Å². The molecule has 110 valence electrons. The fourth-order valence-electron chi connectivity index (χ4n) is 2.74. The van der Waals surface area contributed by atoms with Gasteiger partial charge in [-0.3, -0.25) is 4.90 Å². The van der Waals surface area contributed by atoms with Crippen LogP contribution in [-0.2, 0) is 23.2 Å². The Bertz CT molecular complexity index is 519. The number of alkyl carbamates (subject to hydrolysis) is 1. The molecule has 0 bridgehead atoms. The Labute approximate surface area is 118 Å². The zero-order valence-electron chi connectivity index (χ0n) is 12.2. The van der Waals surface area contributed by atoms with Gasteiger partial charge in [-0.25, -0.2) is 4.79 Å². The molecule has 3 heterocycles. The minimum atomic E-state index is -0.315. The fraction of sp³-hybridized carbons (Fsp3) is 0.769. The number of hydrogen-bond donors (Lipinski definition) is 1. The molecule has 20 heavy (non-hydrogen) atoms. The van der Waals surface area contributed by atoms with Crippen molar-refractivity contribution in [2.45, 2.75) is 45.4 Å². The number of rotatable bonds is 2. The molecular weight excluding hydrogens is 258 g/mol. The molecule has 1 saturated heterocycles. The van der Waals surface area contributed by atoms with Crippen LogP contribution >= 0.6 is 0 Å². The zero-order valence-corrected chi connectivity index (χ0v) is 12.2. The number of aromatic nitrogens is 3. The van der Waals surface area contributed by atoms with Gasteiger partial charge in [0.2, 0.25) is 0 Å². The molecule has 1 N–H and O–H groups in total. The molecule has 7 heteroatoms. The summed E-state index contributed by atoms with van der Waals surface area (Å²) in [6, 6.07) is 0. The maximum Gasteiger partial charge on any atom is 0.407 e. The average molecular weight is 279 g/mol. The summed E-state index contributed by atoms with van der Waals surface area (Å²) in [6.07, 6.45) is -0.371. The van der Waals surface area contributed by atoms with Crippen LogP contribution in [0, 0.1) is 0 Å². The first-order valence-electron chi connectivity index (χ1n) is 7.03. The monoisotopic (exact) mass is 279 g/mol. The summed E-state index contributed by atoms with van der Waals surface area (Å²) in [5.41, 5.74) is 0.0122. The van der Waals surface area contributed by atoms with Crippen molar-refractivity contribution >= 4 is 6.09 Å². The van der Waals surface area contributed by atoms with Crippen molar-refractivity contribution in [3.05, 3.63) is 11.6 Å². The average Bonchev–Trinajstić information content (AvgIpc) is 2.94. The number of carbonyl (C=O) groups is 1. The molecule has 1 unspecified atom stereocenters. The van der Waals surface area contributed by atoms with Gasteiger partial charge in [0.05, 0.1) is 13.1 Å². The van der Waals surface area contributed by atoms with Gasteiger partial charge in [0, 0.05) is 25.0 Å². The third kappa shape index (κ3) is 2.49. The van der Waals surface area contributed by atoms with E-state index in [1.807, 2.05) is 0 Å². The molecule has 1 atom stereocenters. The Morgan fingerprint density at radius 1 is 1.35 bits per heavy atom. The first-order valence-corrected chi connectivity index (χ1v) is 7.03. The molecule has 0 radical (unpaired) electrons. The molecule has 0 saturated carbocycles. The van der Waals surface area contributed by atoms with E-state index < -0.39 is 0 Å². The molecule has 0 spiro atoms. The van der Waals surface area contributed by atoms with E-state index >= 15 is 0 Å². The van der Waals surface area contributed by atoms with Crippen LogP contribution in [-0.4, -0.2) is 51.5 Å². The van der Waals surface area contributed by atoms with Crippen LogP contribution in [0.1, 0.15) is 32.4 Å². The number of cyclic esters (lactones) is 1. The van der Waals surface area contributed by atoms with E-state index in [-0.39, 0.29) is 17.6 Å². The highest BCUT2D eigenvalue weighted by Crippen LogP contribution is 2.23. The minimum absolute atomic E-state index is 0.0122. The molecule has 7 nitrogen and oxygen atoms in total. The predicted molar refractivity (Wildman–Crippen MR) is 72.3 cm³/mol. The second kappa shape index (κ2) is 4.73. The van der Waals surface area contributed by atoms with Crippen LogP contribution in [0.2, 0.25) is 0 Å². The van der Waals surface area contributed by atoms with Crippen LogP contribution in [0.25, 0.3) is 0 Å². The Morgan fingerprint density at radius 2 is 2.15 bits per heavy atom. The lowest BCUT2D eigenvalue weighted by Crippen LogP contribution is -2.40. The van der Waals surface area contributed by atoms with Crippen molar-refractivity contribution in [1.29, 1.82) is 0 Å². The van der Waals surface area contributed by atoms with E-state index in [4.69, 9.17) is 4.74 Å². The third-order valence-electron chi connectivity index (χ3n) is 3.71. The van der Waals surface area contributed by atoms with Crippen LogP contribution in [0.15, 0.2) is 0 Å². The van der Waals surface area contributed by atoms with Gasteiger partial charge in [0.1, 0.15) is 17.8 Å². The molecule has 2 aliphatic heterocycles. The molecule has 1 fully saturated rings. The van der Waals surface area contributed by atoms with Crippen molar-refractivity contribution < 1.29 is 9.53 Å². The largest absolute Gasteiger partial charge is 0.443 e. The third-order valence-corrected chi connectivity index (χ3v) is 3.71. The maximum absolute atomic E-state index is 11.0. The first-order chi connectivity index (χ1) is 9.43. The summed E-state index contributed by atoms with van der Waals surface area (Å²) in [7, 11) is 0. The summed E-state index contributed by atoms with van der Waals surface area (Å²) in [4.78, 5) is 13.3. The number of nitrogens with one attached hydrogen (secondary N) is 1. The molecule has 1 amide bonds. The first kappa shape index (κ1) is 13.4. The van der Waals surface area contributed by atoms with Gasteiger partial charge in [-0.05, 0) is 0 Å². The number of amides is 1. The van der Waals surface area contributed by atoms with Crippen molar-refractivity contribution in [2.24, 2.45) is 0 Å². The smallest absolute Gasteiger partial charge is 0.407 e. The Balaban J connectivity index is 1.67. The van der Waals surface area contributed by atoms with Gasteiger partial charge in [-0.15, -0.1) is 10.2 Å². The summed E-state index contributed by atoms with van der Waals surface area (Å²) < 4.78 is 7.39. The van der Waals surface area contributed by atoms with Crippen LogP contribution < -0.4 is 5.32 Å². The predicted octanol–water partition coefficient (Wildman–Crippen LogP) is 0.500. The van der Waals surface area contributed by atoms with Gasteiger partial charge in [0.25, 0.3) is 0 Å². The Kier molecular flexibility index (Phi) is 3.16. The lowest BCUT2D eigenvalue weighted by molar-refractivity contribution is 0.0962. The quantitative estimate of drug-likeness (QED) is 0.853. The second-order valence-corrected chi connectivity index (χ2v) is 6.48. The van der Waals surface area contributed by atoms with Crippen molar-refractivity contribution in [1.82, 2.24) is 25.0 Å². The molecule has 1 aromatic rings. The maximum atomic E-state index is 11.0. The van der Waals surface area contributed by atoms with E-state index in [0.29, 0.717) is 6.54 Å². The normalized spacial score (nSPS) is 23.4. The van der Waals surface area contributed by atoms with Gasteiger partial charge in [-0.2, -0.15) is 0 Å². The lowest BCUT2D eigenvalue weighted by Gasteiger charge is -2.30. The molecule has 0 aliphatic carbocycles. The molecule has 0 aromatic carbocycles. The highest BCUT2D eigenvalue weighted by Gasteiger charge is 2.30. The summed E-state index contributed by atoms with van der Waals surface area (Å²) >= 11 is 0. The number of carbonyl (C=O) groups excluding carboxylic acids is 1. The highest BCUT2D eigenvalue weighted by atomic mass is 16.6. The number of nitrogens with zero attached hydrogens (tertiary/aromatic N) is 4. The van der Waals surface area contributed by atoms with Crippen LogP contribution in [0.4, 0.5) is 4.79 Å². The number of fused-ring (bicyclic) bond motifs is 1. The summed E-state index contributed by atoms with van der Waals surface area (Å²) in [5.74, 6) is 2.04. The lowest BCUT2D eigenvalue weighted by atomic mass is 9.95. The van der Waals surface area contributed by atoms with Crippen LogP contribution in [0.5, 0.6) is 0 Å². The Hall–Kier alpha value is -1.63. The second-order valence-electron chi connectivity index (χ2n) is 6.48. The molecular formula is C13H21N5O2. The minimum Gasteiger partial charge on any atom is -0.443 e. The SMILES string of the molecule is CC(C)(C)c1nnc2n1CCN(CC1CNC(=O)O1)C2. The highest BCUT2D eigenvalue weighted by molar-refractivity contribution is 5.69. The summed E-state index contributed by atoms with van der Waals surface area (Å²) in [5, 5.41) is 11.3. The van der Waals surface area contributed by atoms with Crippen LogP contribution in [0.3, 0.4) is 0 Å². The van der Waals surface area contributed by atoms with E-state index in [0.717, 1.165) is 37.8 Å². The zero-order chi connectivity index (χ0) is 14.3. The molecule has 2 aliphatic rings. The van der Waals surface area contributed by atoms with E-state index in [9.17, 15) is 4.79 Å². The molecule has 1 aromatic heterocycles. The van der Waals surface area contributed by atoms with Gasteiger partial charge in [0.15, 0.2) is 0 Å². The van der Waals surface area contributed by atoms with E-state index in [2.05, 4.69) is 45.8 Å². The van der Waals surface area contributed by atoms with Gasteiger partial charge < -0.3 is 14.6 Å². The standard InChI is InChI=1S/C13H21N5O2/c1-13(2,3)11-16-15-10-8-17(4-5-18(10)11)7-9-6-14-12(19)20-9/h9H,4-8H2,1-3H3,(H,14,19). The summed E-state index contributed by atoms with van der Waals surface area (Å²) in [6.45, 7) is 10.4. The molecule has 3 rings (SSSR count). The van der Waals surface area contributed by atoms with E-state index in [1.54, 1.807) is 0 Å². The number of hydrogen-bond acceptors (Lipinski definition) is 5. The topological polar surface area (TPSA) is 72.3 Å².